The molecule has 1 N–H and O–H groups in total. The van der Waals surface area contributed by atoms with E-state index in [0.29, 0.717) is 42.7 Å². The minimum Gasteiger partial charge on any atom is -0.497 e. The number of H-pyrrole nitrogens is 1. The summed E-state index contributed by atoms with van der Waals surface area (Å²) < 4.78 is 17.2. The van der Waals surface area contributed by atoms with Crippen LogP contribution in [-0.4, -0.2) is 48.7 Å². The zero-order valence-electron chi connectivity index (χ0n) is 23.2. The number of carbonyl (C=O) groups is 2. The second-order valence-corrected chi connectivity index (χ2v) is 10.3. The first-order valence-electron chi connectivity index (χ1n) is 13.7. The number of nitrogens with zero attached hydrogens (tertiary/aromatic N) is 2. The van der Waals surface area contributed by atoms with Crippen molar-refractivity contribution in [3.63, 3.8) is 0 Å². The Morgan fingerprint density at radius 1 is 0.975 bits per heavy atom. The van der Waals surface area contributed by atoms with Gasteiger partial charge >= 0.3 is 6.03 Å². The third-order valence-electron chi connectivity index (χ3n) is 7.99. The highest BCUT2D eigenvalue weighted by Gasteiger charge is 2.60. The Labute approximate surface area is 233 Å². The van der Waals surface area contributed by atoms with Crippen molar-refractivity contribution in [3.05, 3.63) is 83.6 Å². The normalized spacial score (nSPS) is 20.1. The van der Waals surface area contributed by atoms with Crippen molar-refractivity contribution in [2.45, 2.75) is 38.6 Å². The highest BCUT2D eigenvalue weighted by atomic mass is 16.5. The molecule has 6 rings (SSSR count). The number of anilines is 1. The molecule has 1 saturated heterocycles. The van der Waals surface area contributed by atoms with E-state index in [-0.39, 0.29) is 17.9 Å². The molecule has 0 aliphatic carbocycles. The molecule has 2 aliphatic heterocycles. The van der Waals surface area contributed by atoms with Crippen LogP contribution in [-0.2, 0) is 10.3 Å². The fourth-order valence-corrected chi connectivity index (χ4v) is 5.99. The van der Waals surface area contributed by atoms with E-state index in [9.17, 15) is 9.59 Å². The molecular formula is C32H33N3O5. The van der Waals surface area contributed by atoms with Gasteiger partial charge in [-0.1, -0.05) is 31.2 Å². The smallest absolute Gasteiger partial charge is 0.332 e. The summed E-state index contributed by atoms with van der Waals surface area (Å²) >= 11 is 0. The maximum absolute atomic E-state index is 14.2. The van der Waals surface area contributed by atoms with Crippen molar-refractivity contribution in [3.8, 4) is 17.2 Å². The van der Waals surface area contributed by atoms with Gasteiger partial charge in [-0.3, -0.25) is 4.79 Å². The first kappa shape index (κ1) is 25.8. The maximum atomic E-state index is 14.2. The number of imide groups is 1. The lowest BCUT2D eigenvalue weighted by Gasteiger charge is -2.40. The molecule has 1 fully saturated rings. The van der Waals surface area contributed by atoms with E-state index in [1.54, 1.807) is 36.3 Å². The molecule has 0 spiro atoms. The Balaban J connectivity index is 1.50. The molecule has 2 atom stereocenters. The number of hydrogen-bond acceptors (Lipinski definition) is 5. The van der Waals surface area contributed by atoms with E-state index in [1.165, 1.54) is 4.90 Å². The van der Waals surface area contributed by atoms with Gasteiger partial charge in [-0.05, 0) is 73.9 Å². The molecule has 3 heterocycles. The number of carbonyl (C=O) groups excluding carboxylic acids is 2. The second-order valence-electron chi connectivity index (χ2n) is 10.3. The molecule has 4 aromatic rings. The van der Waals surface area contributed by atoms with Crippen LogP contribution in [0, 0.1) is 0 Å². The Hall–Kier alpha value is -4.46. The lowest BCUT2D eigenvalue weighted by Crippen LogP contribution is -2.50. The summed E-state index contributed by atoms with van der Waals surface area (Å²) in [5.41, 5.74) is 3.01. The SMILES string of the molecule is CCCOc1ccc(C2CN3C(=O)N(c4ccc(OC)cc4)C(=O)[C@]3(C)c3[nH]c4ccccc4c32)cc1OCC. The standard InChI is InChI=1S/C32H33N3O5/c1-5-17-40-26-16-11-20(18-27(26)39-6-2)24-19-34-31(37)35(21-12-14-22(38-4)15-13-21)30(36)32(34,3)29-28(24)23-9-7-8-10-25(23)33-29/h7-16,18,24,33H,5-6,17,19H2,1-4H3/t24?,32-/m0/s1. The number of aromatic nitrogens is 1. The molecule has 8 nitrogen and oxygen atoms in total. The largest absolute Gasteiger partial charge is 0.497 e. The number of fused-ring (bicyclic) bond motifs is 5. The average Bonchev–Trinajstić information content (AvgIpc) is 3.46. The van der Waals surface area contributed by atoms with Crippen LogP contribution in [0.25, 0.3) is 10.9 Å². The van der Waals surface area contributed by atoms with Gasteiger partial charge in [0.1, 0.15) is 5.75 Å². The van der Waals surface area contributed by atoms with Gasteiger partial charge < -0.3 is 24.1 Å². The van der Waals surface area contributed by atoms with Gasteiger partial charge in [-0.2, -0.15) is 0 Å². The number of benzene rings is 3. The lowest BCUT2D eigenvalue weighted by atomic mass is 9.78. The highest BCUT2D eigenvalue weighted by molar-refractivity contribution is 6.23. The van der Waals surface area contributed by atoms with Gasteiger partial charge in [-0.15, -0.1) is 0 Å². The Kier molecular flexibility index (Phi) is 6.41. The molecule has 0 radical (unpaired) electrons. The number of rotatable bonds is 8. The Bertz CT molecular complexity index is 1590. The number of urea groups is 1. The number of ether oxygens (including phenoxy) is 3. The van der Waals surface area contributed by atoms with Gasteiger partial charge in [0.25, 0.3) is 5.91 Å². The quantitative estimate of drug-likeness (QED) is 0.270. The molecule has 1 aromatic heterocycles. The van der Waals surface area contributed by atoms with E-state index >= 15 is 0 Å². The number of para-hydroxylation sites is 1. The fourth-order valence-electron chi connectivity index (χ4n) is 5.99. The van der Waals surface area contributed by atoms with Crippen molar-refractivity contribution >= 4 is 28.5 Å². The van der Waals surface area contributed by atoms with Crippen LogP contribution < -0.4 is 19.1 Å². The molecule has 206 valence electrons. The molecule has 2 aliphatic rings. The van der Waals surface area contributed by atoms with Crippen LogP contribution in [0.5, 0.6) is 17.2 Å². The minimum atomic E-state index is -1.19. The van der Waals surface area contributed by atoms with Crippen LogP contribution >= 0.6 is 0 Å². The molecule has 1 unspecified atom stereocenters. The van der Waals surface area contributed by atoms with Gasteiger partial charge in [0.15, 0.2) is 17.0 Å². The van der Waals surface area contributed by atoms with Crippen molar-refractivity contribution in [2.75, 3.05) is 31.8 Å². The van der Waals surface area contributed by atoms with Gasteiger partial charge in [0.05, 0.1) is 31.7 Å². The van der Waals surface area contributed by atoms with E-state index in [1.807, 2.05) is 50.2 Å². The zero-order chi connectivity index (χ0) is 28.0. The summed E-state index contributed by atoms with van der Waals surface area (Å²) in [5.74, 6) is 1.55. The number of amides is 3. The third kappa shape index (κ3) is 3.81. The van der Waals surface area contributed by atoms with Crippen LogP contribution in [0.15, 0.2) is 66.7 Å². The predicted molar refractivity (Wildman–Crippen MR) is 153 cm³/mol. The van der Waals surface area contributed by atoms with Gasteiger partial charge in [0.2, 0.25) is 0 Å². The number of hydrogen-bond donors (Lipinski definition) is 1. The van der Waals surface area contributed by atoms with Crippen LogP contribution in [0.1, 0.15) is 49.9 Å². The molecule has 3 amide bonds. The topological polar surface area (TPSA) is 84.1 Å². The summed E-state index contributed by atoms with van der Waals surface area (Å²) in [6, 6.07) is 20.7. The molecule has 0 bridgehead atoms. The first-order valence-corrected chi connectivity index (χ1v) is 13.7. The zero-order valence-corrected chi connectivity index (χ0v) is 23.2. The van der Waals surface area contributed by atoms with Gasteiger partial charge in [-0.25, -0.2) is 9.69 Å². The number of aromatic amines is 1. The van der Waals surface area contributed by atoms with Gasteiger partial charge in [0, 0.05) is 23.4 Å². The lowest BCUT2D eigenvalue weighted by molar-refractivity contribution is -0.125. The highest BCUT2D eigenvalue weighted by Crippen LogP contribution is 2.51. The molecule has 8 heteroatoms. The Morgan fingerprint density at radius 2 is 1.75 bits per heavy atom. The van der Waals surface area contributed by atoms with E-state index in [2.05, 4.69) is 18.0 Å². The van der Waals surface area contributed by atoms with Crippen LogP contribution in [0.4, 0.5) is 10.5 Å². The molecule has 3 aromatic carbocycles. The third-order valence-corrected chi connectivity index (χ3v) is 7.99. The second kappa shape index (κ2) is 9.93. The molecular weight excluding hydrogens is 506 g/mol. The predicted octanol–water partition coefficient (Wildman–Crippen LogP) is 6.19. The molecule has 0 saturated carbocycles. The summed E-state index contributed by atoms with van der Waals surface area (Å²) in [7, 11) is 1.58. The van der Waals surface area contributed by atoms with Crippen molar-refractivity contribution < 1.29 is 23.8 Å². The number of nitrogens with one attached hydrogen (secondary N) is 1. The first-order chi connectivity index (χ1) is 19.4. The Morgan fingerprint density at radius 3 is 2.48 bits per heavy atom. The van der Waals surface area contributed by atoms with Crippen molar-refractivity contribution in [2.24, 2.45) is 0 Å². The van der Waals surface area contributed by atoms with E-state index in [4.69, 9.17) is 14.2 Å². The maximum Gasteiger partial charge on any atom is 0.332 e. The molecule has 40 heavy (non-hydrogen) atoms. The van der Waals surface area contributed by atoms with Crippen molar-refractivity contribution in [1.29, 1.82) is 0 Å². The van der Waals surface area contributed by atoms with E-state index in [0.717, 1.165) is 34.1 Å². The van der Waals surface area contributed by atoms with E-state index < -0.39 is 5.54 Å². The average molecular weight is 540 g/mol. The fraction of sp³-hybridized carbons (Fsp3) is 0.312. The number of methoxy groups -OCH3 is 1. The summed E-state index contributed by atoms with van der Waals surface area (Å²) in [6.07, 6.45) is 0.892. The van der Waals surface area contributed by atoms with Crippen LogP contribution in [0.2, 0.25) is 0 Å². The van der Waals surface area contributed by atoms with Crippen molar-refractivity contribution in [1.82, 2.24) is 9.88 Å². The van der Waals surface area contributed by atoms with Crippen LogP contribution in [0.3, 0.4) is 0 Å². The summed E-state index contributed by atoms with van der Waals surface area (Å²) in [6.45, 7) is 7.29. The minimum absolute atomic E-state index is 0.189. The monoisotopic (exact) mass is 539 g/mol. The summed E-state index contributed by atoms with van der Waals surface area (Å²) in [4.78, 5) is 34.7. The summed E-state index contributed by atoms with van der Waals surface area (Å²) in [5, 5.41) is 1.04.